The summed E-state index contributed by atoms with van der Waals surface area (Å²) in [7, 11) is 3.32. The van der Waals surface area contributed by atoms with E-state index in [4.69, 9.17) is 9.47 Å². The number of aliphatic imine (C=N–C) groups is 1. The fourth-order valence-corrected chi connectivity index (χ4v) is 3.51. The number of guanidine groups is 1. The summed E-state index contributed by atoms with van der Waals surface area (Å²) in [4.78, 5) is 16.6. The van der Waals surface area contributed by atoms with Crippen molar-refractivity contribution >= 4 is 35.8 Å². The van der Waals surface area contributed by atoms with E-state index in [0.29, 0.717) is 30.4 Å². The molecular formula is C23H31IN4O3. The fourth-order valence-electron chi connectivity index (χ4n) is 3.51. The molecule has 1 heterocycles. The van der Waals surface area contributed by atoms with Crippen LogP contribution < -0.4 is 25.4 Å². The van der Waals surface area contributed by atoms with Gasteiger partial charge in [0.15, 0.2) is 5.96 Å². The number of fused-ring (bicyclic) bond motifs is 1. The Kier molecular flexibility index (Phi) is 8.97. The Hall–Kier alpha value is -2.49. The molecule has 7 nitrogen and oxygen atoms in total. The quantitative estimate of drug-likeness (QED) is 0.227. The van der Waals surface area contributed by atoms with Crippen molar-refractivity contribution in [2.75, 3.05) is 27.2 Å². The molecule has 168 valence electrons. The van der Waals surface area contributed by atoms with E-state index in [0.717, 1.165) is 17.7 Å². The molecule has 0 fully saturated rings. The predicted octanol–water partition coefficient (Wildman–Crippen LogP) is 3.51. The zero-order valence-corrected chi connectivity index (χ0v) is 20.7. The lowest BCUT2D eigenvalue weighted by Crippen LogP contribution is -2.46. The second-order valence-electron chi connectivity index (χ2n) is 7.79. The molecule has 31 heavy (non-hydrogen) atoms. The standard InChI is InChI=1S/C23H30N4O3.HI/c1-23(2)15-19(18-10-5-6-11-20(18)30-23)27-22(24-3)26-13-12-25-21(28)16-8-7-9-17(14-16)29-4;/h5-11,14,19H,12-13,15H2,1-4H3,(H,25,28)(H2,24,26,27);1H. The average molecular weight is 538 g/mol. The Morgan fingerprint density at radius 2 is 1.90 bits per heavy atom. The molecular weight excluding hydrogens is 507 g/mol. The summed E-state index contributed by atoms with van der Waals surface area (Å²) in [5.74, 6) is 2.10. The van der Waals surface area contributed by atoms with Crippen molar-refractivity contribution in [1.82, 2.24) is 16.0 Å². The smallest absolute Gasteiger partial charge is 0.251 e. The number of nitrogens with zero attached hydrogens (tertiary/aromatic N) is 1. The first-order valence-electron chi connectivity index (χ1n) is 10.1. The van der Waals surface area contributed by atoms with E-state index in [9.17, 15) is 4.79 Å². The Morgan fingerprint density at radius 3 is 2.65 bits per heavy atom. The van der Waals surface area contributed by atoms with Crippen molar-refractivity contribution in [3.05, 3.63) is 59.7 Å². The van der Waals surface area contributed by atoms with Gasteiger partial charge in [-0.1, -0.05) is 24.3 Å². The number of carbonyl (C=O) groups excluding carboxylic acids is 1. The van der Waals surface area contributed by atoms with Crippen molar-refractivity contribution in [2.45, 2.75) is 31.9 Å². The molecule has 0 spiro atoms. The topological polar surface area (TPSA) is 84.0 Å². The molecule has 0 saturated carbocycles. The fraction of sp³-hybridized carbons (Fsp3) is 0.391. The van der Waals surface area contributed by atoms with Gasteiger partial charge < -0.3 is 25.4 Å². The zero-order chi connectivity index (χ0) is 21.6. The van der Waals surface area contributed by atoms with Gasteiger partial charge in [0.1, 0.15) is 17.1 Å². The van der Waals surface area contributed by atoms with Gasteiger partial charge in [-0.15, -0.1) is 24.0 Å². The van der Waals surface area contributed by atoms with Crippen molar-refractivity contribution in [3.63, 3.8) is 0 Å². The third kappa shape index (κ3) is 6.75. The van der Waals surface area contributed by atoms with E-state index in [1.807, 2.05) is 24.3 Å². The van der Waals surface area contributed by atoms with Crippen molar-refractivity contribution < 1.29 is 14.3 Å². The summed E-state index contributed by atoms with van der Waals surface area (Å²) in [6, 6.07) is 15.2. The molecule has 0 bridgehead atoms. The van der Waals surface area contributed by atoms with Crippen LogP contribution in [-0.2, 0) is 0 Å². The van der Waals surface area contributed by atoms with E-state index in [2.05, 4.69) is 40.9 Å². The molecule has 2 aromatic rings. The number of rotatable bonds is 6. The maximum Gasteiger partial charge on any atom is 0.251 e. The largest absolute Gasteiger partial charge is 0.497 e. The molecule has 1 amide bonds. The molecule has 1 aliphatic rings. The third-order valence-corrected chi connectivity index (χ3v) is 4.95. The van der Waals surface area contributed by atoms with Crippen LogP contribution in [0.1, 0.15) is 42.2 Å². The zero-order valence-electron chi connectivity index (χ0n) is 18.4. The summed E-state index contributed by atoms with van der Waals surface area (Å²) >= 11 is 0. The number of nitrogens with one attached hydrogen (secondary N) is 3. The van der Waals surface area contributed by atoms with Gasteiger partial charge in [0, 0.05) is 37.7 Å². The molecule has 0 saturated heterocycles. The highest BCUT2D eigenvalue weighted by Gasteiger charge is 2.33. The monoisotopic (exact) mass is 538 g/mol. The Bertz CT molecular complexity index is 917. The summed E-state index contributed by atoms with van der Waals surface area (Å²) in [6.07, 6.45) is 0.817. The molecule has 0 aliphatic carbocycles. The van der Waals surface area contributed by atoms with Gasteiger partial charge >= 0.3 is 0 Å². The number of halogens is 1. The maximum atomic E-state index is 12.3. The average Bonchev–Trinajstić information content (AvgIpc) is 2.74. The lowest BCUT2D eigenvalue weighted by Gasteiger charge is -2.38. The van der Waals surface area contributed by atoms with E-state index in [1.165, 1.54) is 0 Å². The van der Waals surface area contributed by atoms with E-state index in [1.54, 1.807) is 32.4 Å². The van der Waals surface area contributed by atoms with Crippen LogP contribution in [0.25, 0.3) is 0 Å². The molecule has 2 aromatic carbocycles. The molecule has 1 unspecified atom stereocenters. The number of hydrogen-bond acceptors (Lipinski definition) is 4. The van der Waals surface area contributed by atoms with E-state index in [-0.39, 0.29) is 41.5 Å². The summed E-state index contributed by atoms with van der Waals surface area (Å²) in [5, 5.41) is 9.65. The maximum absolute atomic E-state index is 12.3. The third-order valence-electron chi connectivity index (χ3n) is 4.95. The highest BCUT2D eigenvalue weighted by Crippen LogP contribution is 2.39. The molecule has 1 aliphatic heterocycles. The van der Waals surface area contributed by atoms with Gasteiger partial charge in [0.2, 0.25) is 0 Å². The van der Waals surface area contributed by atoms with E-state index >= 15 is 0 Å². The summed E-state index contributed by atoms with van der Waals surface area (Å²) < 4.78 is 11.3. The molecule has 3 rings (SSSR count). The van der Waals surface area contributed by atoms with Crippen LogP contribution in [0.15, 0.2) is 53.5 Å². The van der Waals surface area contributed by atoms with Gasteiger partial charge in [-0.2, -0.15) is 0 Å². The molecule has 8 heteroatoms. The molecule has 0 radical (unpaired) electrons. The normalized spacial score (nSPS) is 16.8. The molecule has 0 aromatic heterocycles. The summed E-state index contributed by atoms with van der Waals surface area (Å²) in [6.45, 7) is 5.18. The number of methoxy groups -OCH3 is 1. The van der Waals surface area contributed by atoms with E-state index < -0.39 is 0 Å². The number of benzene rings is 2. The van der Waals surface area contributed by atoms with Crippen LogP contribution in [0.4, 0.5) is 0 Å². The number of para-hydroxylation sites is 1. The first kappa shape index (κ1) is 24.8. The Balaban J connectivity index is 0.00000341. The first-order valence-corrected chi connectivity index (χ1v) is 10.1. The Labute approximate surface area is 201 Å². The van der Waals surface area contributed by atoms with Gasteiger partial charge in [-0.3, -0.25) is 9.79 Å². The van der Waals surface area contributed by atoms with Gasteiger partial charge in [-0.25, -0.2) is 0 Å². The predicted molar refractivity (Wildman–Crippen MR) is 134 cm³/mol. The van der Waals surface area contributed by atoms with Crippen LogP contribution in [0, 0.1) is 0 Å². The minimum absolute atomic E-state index is 0. The Morgan fingerprint density at radius 1 is 1.16 bits per heavy atom. The van der Waals surface area contributed by atoms with Crippen LogP contribution >= 0.6 is 24.0 Å². The van der Waals surface area contributed by atoms with Crippen LogP contribution in [0.3, 0.4) is 0 Å². The van der Waals surface area contributed by atoms with Crippen molar-refractivity contribution in [3.8, 4) is 11.5 Å². The highest BCUT2D eigenvalue weighted by atomic mass is 127. The van der Waals surface area contributed by atoms with Crippen molar-refractivity contribution in [1.29, 1.82) is 0 Å². The number of amides is 1. The minimum atomic E-state index is -0.268. The SMILES string of the molecule is CN=C(NCCNC(=O)c1cccc(OC)c1)NC1CC(C)(C)Oc2ccccc21.I. The van der Waals surface area contributed by atoms with Gasteiger partial charge in [0.05, 0.1) is 13.2 Å². The molecule has 3 N–H and O–H groups in total. The second-order valence-corrected chi connectivity index (χ2v) is 7.79. The summed E-state index contributed by atoms with van der Waals surface area (Å²) in [5.41, 5.74) is 1.42. The highest BCUT2D eigenvalue weighted by molar-refractivity contribution is 14.0. The minimum Gasteiger partial charge on any atom is -0.497 e. The van der Waals surface area contributed by atoms with Gasteiger partial charge in [0.25, 0.3) is 5.91 Å². The second kappa shape index (κ2) is 11.2. The number of hydrogen-bond donors (Lipinski definition) is 3. The number of ether oxygens (including phenoxy) is 2. The van der Waals surface area contributed by atoms with Crippen LogP contribution in [-0.4, -0.2) is 44.7 Å². The lowest BCUT2D eigenvalue weighted by atomic mass is 9.90. The van der Waals surface area contributed by atoms with Gasteiger partial charge in [-0.05, 0) is 38.1 Å². The lowest BCUT2D eigenvalue weighted by molar-refractivity contribution is 0.0694. The number of carbonyl (C=O) groups is 1. The first-order chi connectivity index (χ1) is 14.4. The molecule has 1 atom stereocenters. The van der Waals surface area contributed by atoms with Crippen LogP contribution in [0.2, 0.25) is 0 Å². The van der Waals surface area contributed by atoms with Crippen LogP contribution in [0.5, 0.6) is 11.5 Å². The van der Waals surface area contributed by atoms with Crippen molar-refractivity contribution in [2.24, 2.45) is 4.99 Å².